The zero-order valence-corrected chi connectivity index (χ0v) is 30.5. The maximum Gasteiger partial charge on any atom is 0.156 e. The van der Waals surface area contributed by atoms with E-state index in [9.17, 15) is 0 Å². The van der Waals surface area contributed by atoms with Gasteiger partial charge in [-0.2, -0.15) is 9.87 Å². The Morgan fingerprint density at radius 1 is 0.547 bits per heavy atom. The summed E-state index contributed by atoms with van der Waals surface area (Å²) in [4.78, 5) is 0. The maximum absolute atomic E-state index is 5.29. The second-order valence-electron chi connectivity index (χ2n) is 14.4. The molecule has 9 aromatic rings. The average Bonchev–Trinajstić information content (AvgIpc) is 3.98. The van der Waals surface area contributed by atoms with Crippen molar-refractivity contribution in [3.05, 3.63) is 156 Å². The number of hydrazone groups is 1. The van der Waals surface area contributed by atoms with Crippen molar-refractivity contribution in [3.8, 4) is 44.0 Å². The predicted octanol–water partition coefficient (Wildman–Crippen LogP) is 12.3. The van der Waals surface area contributed by atoms with Gasteiger partial charge < -0.3 is 0 Å². The smallest absolute Gasteiger partial charge is 0.156 e. The molecule has 0 saturated carbocycles. The number of aromatic nitrogens is 2. The Bertz CT molecular complexity index is 3020. The lowest BCUT2D eigenvalue weighted by molar-refractivity contribution is 0.259. The van der Waals surface area contributed by atoms with Crippen molar-refractivity contribution in [3.63, 3.8) is 0 Å². The molecule has 1 aliphatic carbocycles. The minimum absolute atomic E-state index is 0.250. The van der Waals surface area contributed by atoms with Crippen molar-refractivity contribution in [1.29, 1.82) is 0 Å². The van der Waals surface area contributed by atoms with Crippen LogP contribution in [-0.4, -0.2) is 15.2 Å². The van der Waals surface area contributed by atoms with E-state index in [1.54, 1.807) is 16.8 Å². The molecule has 0 atom stereocenters. The Labute approximate surface area is 314 Å². The lowest BCUT2D eigenvalue weighted by atomic mass is 9.79. The summed E-state index contributed by atoms with van der Waals surface area (Å²) in [6.07, 6.45) is 0. The first-order valence-electron chi connectivity index (χ1n) is 17.7. The maximum atomic E-state index is 5.29. The number of hydrogen-bond acceptors (Lipinski definition) is 7. The summed E-state index contributed by atoms with van der Waals surface area (Å²) < 4.78 is 5.29. The molecule has 0 fully saturated rings. The molecule has 2 aliphatic rings. The summed E-state index contributed by atoms with van der Waals surface area (Å²) in [5.41, 5.74) is 16.3. The third-order valence-electron chi connectivity index (χ3n) is 11.1. The van der Waals surface area contributed by atoms with Crippen LogP contribution >= 0.6 is 23.4 Å². The van der Waals surface area contributed by atoms with E-state index in [4.69, 9.17) is 4.28 Å². The second-order valence-corrected chi connectivity index (χ2v) is 15.9. The molecule has 0 spiro atoms. The van der Waals surface area contributed by atoms with E-state index in [1.165, 1.54) is 99.6 Å². The van der Waals surface area contributed by atoms with Gasteiger partial charge in [-0.05, 0) is 124 Å². The summed E-state index contributed by atoms with van der Waals surface area (Å²) in [6, 6.07) is 49.6. The van der Waals surface area contributed by atoms with Crippen LogP contribution in [0, 0.1) is 0 Å². The van der Waals surface area contributed by atoms with E-state index < -0.39 is 0 Å². The first-order chi connectivity index (χ1) is 26.0. The zero-order valence-electron chi connectivity index (χ0n) is 28.8. The van der Waals surface area contributed by atoms with Gasteiger partial charge in [-0.15, -0.1) is 15.3 Å². The number of nitrogens with one attached hydrogen (secondary N) is 1. The summed E-state index contributed by atoms with van der Waals surface area (Å²) >= 11 is 2.83. The zero-order chi connectivity index (χ0) is 35.3. The lowest BCUT2D eigenvalue weighted by Crippen LogP contribution is -2.15. The number of nitrogens with zero attached hydrogens (tertiary/aromatic N) is 3. The first kappa shape index (κ1) is 30.7. The third kappa shape index (κ3) is 4.71. The quantitative estimate of drug-likeness (QED) is 0.145. The van der Waals surface area contributed by atoms with Crippen molar-refractivity contribution < 1.29 is 4.28 Å². The van der Waals surface area contributed by atoms with Gasteiger partial charge in [0.05, 0.1) is 12.0 Å². The molecular weight excluding hydrogens is 689 g/mol. The largest absolute Gasteiger partial charge is 0.181 e. The molecule has 11 rings (SSSR count). The topological polar surface area (TPSA) is 59.4 Å². The molecule has 5 nitrogen and oxygen atoms in total. The van der Waals surface area contributed by atoms with Gasteiger partial charge in [-0.3, -0.25) is 0 Å². The molecular formula is C46H30N4OS2. The first-order valence-corrected chi connectivity index (χ1v) is 19.3. The molecule has 1 N–H and O–H groups in total. The number of fused-ring (bicyclic) bond motifs is 7. The van der Waals surface area contributed by atoms with Gasteiger partial charge in [0.1, 0.15) is 10.5 Å². The van der Waals surface area contributed by atoms with E-state index in [-0.39, 0.29) is 5.41 Å². The Balaban J connectivity index is 1.28. The number of rotatable bonds is 4. The highest BCUT2D eigenvalue weighted by Gasteiger charge is 2.37. The molecule has 0 radical (unpaired) electrons. The molecule has 1 aliphatic heterocycles. The average molecular weight is 719 g/mol. The van der Waals surface area contributed by atoms with Crippen LogP contribution in [0.15, 0.2) is 144 Å². The van der Waals surface area contributed by atoms with Gasteiger partial charge in [0.15, 0.2) is 5.04 Å². The highest BCUT2D eigenvalue weighted by atomic mass is 32.2. The van der Waals surface area contributed by atoms with Crippen LogP contribution < -0.4 is 5.59 Å². The van der Waals surface area contributed by atoms with Crippen LogP contribution in [0.5, 0.6) is 0 Å². The van der Waals surface area contributed by atoms with Crippen LogP contribution in [0.4, 0.5) is 0 Å². The lowest BCUT2D eigenvalue weighted by Gasteiger charge is -2.24. The molecule has 8 aromatic carbocycles. The van der Waals surface area contributed by atoms with Crippen molar-refractivity contribution >= 4 is 71.5 Å². The fraction of sp³-hybridized carbons (Fsp3) is 0.0652. The fourth-order valence-corrected chi connectivity index (χ4v) is 9.58. The molecule has 53 heavy (non-hydrogen) atoms. The van der Waals surface area contributed by atoms with Crippen LogP contribution in [-0.2, 0) is 9.70 Å². The summed E-state index contributed by atoms with van der Waals surface area (Å²) in [7, 11) is 0. The second kappa shape index (κ2) is 11.6. The predicted molar refractivity (Wildman–Crippen MR) is 222 cm³/mol. The summed E-state index contributed by atoms with van der Waals surface area (Å²) in [6.45, 7) is 4.69. The number of hydrogen-bond donors (Lipinski definition) is 1. The molecule has 7 heteroatoms. The minimum atomic E-state index is -0.250. The van der Waals surface area contributed by atoms with Crippen molar-refractivity contribution in [1.82, 2.24) is 15.8 Å². The standard InChI is InChI=1S/C46H30N4OS2/c1-46(2)40-22-33(45-49-50-51-53-45)15-17-34(40)36-23-38-39(24-41(36)46)43(31-14-12-27-8-4-6-10-29(27)20-31)37-21-32(44-48-47-25-52-44)16-18-35(37)42(38)30-13-11-26-7-3-5-9-28(26)19-30/h3-25,50H,1-2H3. The van der Waals surface area contributed by atoms with Gasteiger partial charge >= 0.3 is 0 Å². The van der Waals surface area contributed by atoms with E-state index in [0.717, 1.165) is 21.2 Å². The molecule has 252 valence electrons. The summed E-state index contributed by atoms with van der Waals surface area (Å²) in [5.74, 6) is 0. The van der Waals surface area contributed by atoms with Crippen LogP contribution in [0.25, 0.3) is 87.0 Å². The third-order valence-corrected chi connectivity index (χ3v) is 12.5. The fourth-order valence-electron chi connectivity index (χ4n) is 8.58. The van der Waals surface area contributed by atoms with Crippen molar-refractivity contribution in [2.45, 2.75) is 19.3 Å². The van der Waals surface area contributed by atoms with Crippen molar-refractivity contribution in [2.24, 2.45) is 5.10 Å². The summed E-state index contributed by atoms with van der Waals surface area (Å²) in [5, 5.41) is 24.6. The Morgan fingerprint density at radius 2 is 1.17 bits per heavy atom. The normalized spacial score (nSPS) is 14.5. The highest BCUT2D eigenvalue weighted by molar-refractivity contribution is 8.10. The van der Waals surface area contributed by atoms with Crippen LogP contribution in [0.1, 0.15) is 30.5 Å². The van der Waals surface area contributed by atoms with E-state index in [1.807, 2.05) is 0 Å². The molecule has 0 amide bonds. The Hall–Kier alpha value is -5.86. The SMILES string of the molecule is CC1(C)c2cc(C3=NNOS3)ccc2-c2cc3c(-c4ccc5ccccc5c4)c4ccc(-c5nncs5)cc4c(-c4ccc5ccccc5c4)c3cc21. The Morgan fingerprint density at radius 3 is 1.85 bits per heavy atom. The van der Waals surface area contributed by atoms with Crippen molar-refractivity contribution in [2.75, 3.05) is 0 Å². The minimum Gasteiger partial charge on any atom is -0.181 e. The van der Waals surface area contributed by atoms with Gasteiger partial charge in [0.25, 0.3) is 0 Å². The van der Waals surface area contributed by atoms with Crippen LogP contribution in [0.3, 0.4) is 0 Å². The van der Waals surface area contributed by atoms with Crippen LogP contribution in [0.2, 0.25) is 0 Å². The molecule has 2 heterocycles. The molecule has 1 aromatic heterocycles. The van der Waals surface area contributed by atoms with E-state index >= 15 is 0 Å². The number of benzene rings is 8. The van der Waals surface area contributed by atoms with Gasteiger partial charge in [-0.25, -0.2) is 0 Å². The van der Waals surface area contributed by atoms with Gasteiger partial charge in [0, 0.05) is 16.5 Å². The van der Waals surface area contributed by atoms with Gasteiger partial charge in [-0.1, -0.05) is 122 Å². The monoisotopic (exact) mass is 718 g/mol. The van der Waals surface area contributed by atoms with E-state index in [2.05, 4.69) is 168 Å². The molecule has 0 saturated heterocycles. The molecule has 0 bridgehead atoms. The highest BCUT2D eigenvalue weighted by Crippen LogP contribution is 2.54. The molecule has 0 unspecified atom stereocenters. The van der Waals surface area contributed by atoms with E-state index in [0.29, 0.717) is 0 Å². The van der Waals surface area contributed by atoms with Gasteiger partial charge in [0.2, 0.25) is 0 Å². The Kier molecular flexibility index (Phi) is 6.71.